The quantitative estimate of drug-likeness (QED) is 0.738. The molecule has 2 N–H and O–H groups in total. The Morgan fingerprint density at radius 2 is 2.28 bits per heavy atom. The molecular weight excluding hydrogens is 236 g/mol. The Labute approximate surface area is 104 Å². The third-order valence-corrected chi connectivity index (χ3v) is 2.66. The lowest BCUT2D eigenvalue weighted by molar-refractivity contribution is -0.144. The highest BCUT2D eigenvalue weighted by Gasteiger charge is 2.28. The number of esters is 1. The number of nitrogens with one attached hydrogen (secondary N) is 2. The average molecular weight is 252 g/mol. The monoisotopic (exact) mass is 252 g/mol. The van der Waals surface area contributed by atoms with E-state index in [2.05, 4.69) is 20.5 Å². The molecule has 0 aliphatic heterocycles. The minimum Gasteiger partial charge on any atom is -0.464 e. The van der Waals surface area contributed by atoms with Crippen LogP contribution >= 0.6 is 0 Å². The first-order chi connectivity index (χ1) is 8.61. The Hall–Kier alpha value is -1.92. The molecule has 1 amide bonds. The lowest BCUT2D eigenvalue weighted by Gasteiger charge is -2.10. The molecule has 0 radical (unpaired) electrons. The van der Waals surface area contributed by atoms with E-state index < -0.39 is 17.9 Å². The highest BCUT2D eigenvalue weighted by Crippen LogP contribution is 2.37. The minimum absolute atomic E-state index is 0.0630. The molecule has 1 fully saturated rings. The predicted octanol–water partition coefficient (Wildman–Crippen LogP) is 0.363. The summed E-state index contributed by atoms with van der Waals surface area (Å²) in [5.41, 5.74) is 0. The molecule has 1 atom stereocenters. The van der Waals surface area contributed by atoms with Gasteiger partial charge in [-0.2, -0.15) is 0 Å². The van der Waals surface area contributed by atoms with Gasteiger partial charge in [0.2, 0.25) is 5.82 Å². The normalized spacial score (nSPS) is 16.1. The maximum atomic E-state index is 11.8. The summed E-state index contributed by atoms with van der Waals surface area (Å²) in [4.78, 5) is 27.2. The van der Waals surface area contributed by atoms with E-state index in [4.69, 9.17) is 4.74 Å². The molecule has 0 bridgehead atoms. The van der Waals surface area contributed by atoms with Crippen molar-refractivity contribution in [1.82, 2.24) is 20.5 Å². The van der Waals surface area contributed by atoms with Crippen LogP contribution in [0.1, 0.15) is 49.1 Å². The van der Waals surface area contributed by atoms with Crippen LogP contribution in [0.4, 0.5) is 0 Å². The number of H-pyrrole nitrogens is 1. The fourth-order valence-corrected chi connectivity index (χ4v) is 1.50. The Kier molecular flexibility index (Phi) is 3.59. The molecule has 1 aliphatic carbocycles. The maximum Gasteiger partial charge on any atom is 0.328 e. The third-order valence-electron chi connectivity index (χ3n) is 2.66. The van der Waals surface area contributed by atoms with E-state index in [0.29, 0.717) is 5.92 Å². The Morgan fingerprint density at radius 3 is 2.89 bits per heavy atom. The summed E-state index contributed by atoms with van der Waals surface area (Å²) in [6.07, 6.45) is 2.16. The van der Waals surface area contributed by atoms with Crippen LogP contribution in [0, 0.1) is 0 Å². The summed E-state index contributed by atoms with van der Waals surface area (Å²) in [5.74, 6) is 0.265. The van der Waals surface area contributed by atoms with Crippen molar-refractivity contribution in [2.75, 3.05) is 6.61 Å². The van der Waals surface area contributed by atoms with Crippen LogP contribution in [0.15, 0.2) is 0 Å². The van der Waals surface area contributed by atoms with Crippen LogP contribution in [0.2, 0.25) is 0 Å². The molecule has 1 unspecified atom stereocenters. The SMILES string of the molecule is CCOC(=O)C(C)NC(=O)c1n[nH]c(C2CC2)n1. The van der Waals surface area contributed by atoms with Gasteiger partial charge >= 0.3 is 5.97 Å². The van der Waals surface area contributed by atoms with Gasteiger partial charge in [-0.15, -0.1) is 5.10 Å². The Bertz CT molecular complexity index is 453. The molecule has 7 nitrogen and oxygen atoms in total. The first-order valence-electron chi connectivity index (χ1n) is 6.01. The summed E-state index contributed by atoms with van der Waals surface area (Å²) >= 11 is 0. The van der Waals surface area contributed by atoms with E-state index in [0.717, 1.165) is 18.7 Å². The van der Waals surface area contributed by atoms with Gasteiger partial charge in [0.15, 0.2) is 0 Å². The van der Waals surface area contributed by atoms with Crippen molar-refractivity contribution >= 4 is 11.9 Å². The fraction of sp³-hybridized carbons (Fsp3) is 0.636. The van der Waals surface area contributed by atoms with Gasteiger partial charge in [0.25, 0.3) is 5.91 Å². The number of hydrogen-bond donors (Lipinski definition) is 2. The number of aromatic amines is 1. The van der Waals surface area contributed by atoms with Crippen LogP contribution in [0.5, 0.6) is 0 Å². The summed E-state index contributed by atoms with van der Waals surface area (Å²) in [6, 6.07) is -0.708. The zero-order valence-electron chi connectivity index (χ0n) is 10.4. The van der Waals surface area contributed by atoms with Crippen molar-refractivity contribution in [3.63, 3.8) is 0 Å². The van der Waals surface area contributed by atoms with Crippen LogP contribution in [0.25, 0.3) is 0 Å². The van der Waals surface area contributed by atoms with Crippen LogP contribution in [-0.4, -0.2) is 39.7 Å². The molecule has 1 heterocycles. The van der Waals surface area contributed by atoms with Gasteiger partial charge in [0.1, 0.15) is 11.9 Å². The molecule has 1 aliphatic rings. The number of nitrogens with zero attached hydrogens (tertiary/aromatic N) is 2. The van der Waals surface area contributed by atoms with E-state index in [1.807, 2.05) is 0 Å². The molecule has 1 saturated carbocycles. The molecule has 1 aromatic rings. The second kappa shape index (κ2) is 5.16. The van der Waals surface area contributed by atoms with Gasteiger partial charge in [-0.25, -0.2) is 9.78 Å². The Balaban J connectivity index is 1.91. The second-order valence-electron chi connectivity index (χ2n) is 4.27. The maximum absolute atomic E-state index is 11.8. The van der Waals surface area contributed by atoms with Crippen LogP contribution in [0.3, 0.4) is 0 Å². The fourth-order valence-electron chi connectivity index (χ4n) is 1.50. The lowest BCUT2D eigenvalue weighted by Crippen LogP contribution is -2.40. The van der Waals surface area contributed by atoms with E-state index in [1.54, 1.807) is 13.8 Å². The number of carbonyl (C=O) groups excluding carboxylic acids is 2. The second-order valence-corrected chi connectivity index (χ2v) is 4.27. The summed E-state index contributed by atoms with van der Waals surface area (Å²) < 4.78 is 4.79. The highest BCUT2D eigenvalue weighted by molar-refractivity contribution is 5.93. The molecule has 0 aromatic carbocycles. The van der Waals surface area contributed by atoms with Crippen molar-refractivity contribution < 1.29 is 14.3 Å². The molecular formula is C11H16N4O3. The number of ether oxygens (including phenoxy) is 1. The van der Waals surface area contributed by atoms with Crippen molar-refractivity contribution in [2.24, 2.45) is 0 Å². The molecule has 18 heavy (non-hydrogen) atoms. The molecule has 7 heteroatoms. The minimum atomic E-state index is -0.708. The van der Waals surface area contributed by atoms with Gasteiger partial charge in [-0.05, 0) is 26.7 Å². The molecule has 98 valence electrons. The smallest absolute Gasteiger partial charge is 0.328 e. The van der Waals surface area contributed by atoms with Crippen molar-refractivity contribution in [1.29, 1.82) is 0 Å². The predicted molar refractivity (Wildman–Crippen MR) is 61.9 cm³/mol. The zero-order chi connectivity index (χ0) is 13.1. The average Bonchev–Trinajstić information content (AvgIpc) is 3.07. The zero-order valence-corrected chi connectivity index (χ0v) is 10.4. The van der Waals surface area contributed by atoms with Crippen LogP contribution < -0.4 is 5.32 Å². The summed E-state index contributed by atoms with van der Waals surface area (Å²) in [6.45, 7) is 3.56. The summed E-state index contributed by atoms with van der Waals surface area (Å²) in [7, 11) is 0. The number of aromatic nitrogens is 3. The standard InChI is InChI=1S/C11H16N4O3/c1-3-18-11(17)6(2)12-10(16)9-13-8(14-15-9)7-4-5-7/h6-7H,3-5H2,1-2H3,(H,12,16)(H,13,14,15). The Morgan fingerprint density at radius 1 is 1.56 bits per heavy atom. The third kappa shape index (κ3) is 2.85. The number of hydrogen-bond acceptors (Lipinski definition) is 5. The molecule has 2 rings (SSSR count). The number of rotatable bonds is 5. The van der Waals surface area contributed by atoms with E-state index in [9.17, 15) is 9.59 Å². The molecule has 0 saturated heterocycles. The van der Waals surface area contributed by atoms with Crippen LogP contribution in [-0.2, 0) is 9.53 Å². The van der Waals surface area contributed by atoms with Gasteiger partial charge in [-0.1, -0.05) is 0 Å². The van der Waals surface area contributed by atoms with Gasteiger partial charge in [0, 0.05) is 5.92 Å². The molecule has 1 aromatic heterocycles. The van der Waals surface area contributed by atoms with Gasteiger partial charge < -0.3 is 10.1 Å². The molecule has 0 spiro atoms. The first-order valence-corrected chi connectivity index (χ1v) is 6.01. The first kappa shape index (κ1) is 12.5. The summed E-state index contributed by atoms with van der Waals surface area (Å²) in [5, 5.41) is 9.07. The van der Waals surface area contributed by atoms with Crippen molar-refractivity contribution in [3.8, 4) is 0 Å². The van der Waals surface area contributed by atoms with Crippen molar-refractivity contribution in [3.05, 3.63) is 11.6 Å². The van der Waals surface area contributed by atoms with E-state index in [1.165, 1.54) is 0 Å². The number of amides is 1. The van der Waals surface area contributed by atoms with Crippen molar-refractivity contribution in [2.45, 2.75) is 38.6 Å². The topological polar surface area (TPSA) is 97.0 Å². The number of carbonyl (C=O) groups is 2. The lowest BCUT2D eigenvalue weighted by atomic mass is 10.3. The van der Waals surface area contributed by atoms with Gasteiger partial charge in [-0.3, -0.25) is 9.89 Å². The van der Waals surface area contributed by atoms with E-state index in [-0.39, 0.29) is 12.4 Å². The highest BCUT2D eigenvalue weighted by atomic mass is 16.5. The van der Waals surface area contributed by atoms with E-state index >= 15 is 0 Å². The largest absolute Gasteiger partial charge is 0.464 e. The van der Waals surface area contributed by atoms with Gasteiger partial charge in [0.05, 0.1) is 6.61 Å².